The van der Waals surface area contributed by atoms with Crippen molar-refractivity contribution >= 4 is 23.2 Å². The standard InChI is InChI=1S/C19H19ClN2O3/c1-3-16-12-19(24,14-5-4-6-17(11-14)25-2)22(21-16)18(23)13-7-9-15(20)10-8-13/h4-11,24H,3,12H2,1-2H3. The van der Waals surface area contributed by atoms with Gasteiger partial charge in [-0.25, -0.2) is 0 Å². The molecule has 1 amide bonds. The van der Waals surface area contributed by atoms with E-state index in [0.29, 0.717) is 28.3 Å². The Balaban J connectivity index is 2.02. The number of carbonyl (C=O) groups is 1. The van der Waals surface area contributed by atoms with E-state index in [0.717, 1.165) is 10.7 Å². The largest absolute Gasteiger partial charge is 0.497 e. The van der Waals surface area contributed by atoms with Crippen molar-refractivity contribution < 1.29 is 14.6 Å². The van der Waals surface area contributed by atoms with Crippen LogP contribution in [-0.2, 0) is 5.72 Å². The Kier molecular flexibility index (Phi) is 4.79. The van der Waals surface area contributed by atoms with E-state index in [-0.39, 0.29) is 12.3 Å². The van der Waals surface area contributed by atoms with Crippen molar-refractivity contribution in [2.75, 3.05) is 7.11 Å². The van der Waals surface area contributed by atoms with Crippen LogP contribution in [0, 0.1) is 0 Å². The molecule has 1 aliphatic heterocycles. The fraction of sp³-hybridized carbons (Fsp3) is 0.263. The van der Waals surface area contributed by atoms with Gasteiger partial charge < -0.3 is 9.84 Å². The number of hydrogen-bond acceptors (Lipinski definition) is 4. The molecule has 25 heavy (non-hydrogen) atoms. The summed E-state index contributed by atoms with van der Waals surface area (Å²) in [5.41, 5.74) is 0.178. The number of nitrogens with zero attached hydrogens (tertiary/aromatic N) is 2. The molecule has 5 nitrogen and oxygen atoms in total. The summed E-state index contributed by atoms with van der Waals surface area (Å²) in [7, 11) is 1.56. The van der Waals surface area contributed by atoms with Crippen LogP contribution in [0.2, 0.25) is 5.02 Å². The Hall–Kier alpha value is -2.37. The van der Waals surface area contributed by atoms with Crippen LogP contribution in [0.3, 0.4) is 0 Å². The highest BCUT2D eigenvalue weighted by Gasteiger charge is 2.45. The lowest BCUT2D eigenvalue weighted by Gasteiger charge is -2.31. The topological polar surface area (TPSA) is 62.1 Å². The molecule has 1 N–H and O–H groups in total. The molecule has 2 aromatic rings. The minimum Gasteiger partial charge on any atom is -0.497 e. The summed E-state index contributed by atoms with van der Waals surface area (Å²) in [5, 5.41) is 17.4. The number of ether oxygens (including phenoxy) is 1. The summed E-state index contributed by atoms with van der Waals surface area (Å²) in [6, 6.07) is 13.6. The predicted molar refractivity (Wildman–Crippen MR) is 96.9 cm³/mol. The van der Waals surface area contributed by atoms with Gasteiger partial charge in [-0.05, 0) is 42.8 Å². The van der Waals surface area contributed by atoms with Crippen LogP contribution in [-0.4, -0.2) is 28.8 Å². The van der Waals surface area contributed by atoms with Crippen molar-refractivity contribution in [1.29, 1.82) is 0 Å². The minimum absolute atomic E-state index is 0.260. The van der Waals surface area contributed by atoms with Crippen molar-refractivity contribution in [3.05, 3.63) is 64.7 Å². The molecule has 6 heteroatoms. The molecule has 0 aliphatic carbocycles. The second kappa shape index (κ2) is 6.86. The van der Waals surface area contributed by atoms with Crippen LogP contribution < -0.4 is 4.74 Å². The average Bonchev–Trinajstić information content (AvgIpc) is 3.00. The van der Waals surface area contributed by atoms with Gasteiger partial charge in [0.25, 0.3) is 5.91 Å². The summed E-state index contributed by atoms with van der Waals surface area (Å²) in [5.74, 6) is 0.222. The highest BCUT2D eigenvalue weighted by Crippen LogP contribution is 2.38. The number of carbonyl (C=O) groups excluding carboxylic acids is 1. The summed E-state index contributed by atoms with van der Waals surface area (Å²) in [6.07, 6.45) is 0.909. The number of rotatable bonds is 4. The lowest BCUT2D eigenvalue weighted by Crippen LogP contribution is -2.43. The molecule has 0 bridgehead atoms. The van der Waals surface area contributed by atoms with Gasteiger partial charge in [0.1, 0.15) is 5.75 Å². The third-order valence-corrected chi connectivity index (χ3v) is 4.52. The second-order valence-electron chi connectivity index (χ2n) is 5.87. The van der Waals surface area contributed by atoms with Gasteiger partial charge in [-0.15, -0.1) is 0 Å². The van der Waals surface area contributed by atoms with Gasteiger partial charge in [0.2, 0.25) is 0 Å². The van der Waals surface area contributed by atoms with Gasteiger partial charge >= 0.3 is 0 Å². The molecule has 3 rings (SSSR count). The van der Waals surface area contributed by atoms with Crippen molar-refractivity contribution in [3.63, 3.8) is 0 Å². The Labute approximate surface area is 151 Å². The van der Waals surface area contributed by atoms with Crippen LogP contribution in [0.1, 0.15) is 35.7 Å². The van der Waals surface area contributed by atoms with Crippen LogP contribution in [0.5, 0.6) is 5.75 Å². The predicted octanol–water partition coefficient (Wildman–Crippen LogP) is 3.81. The Morgan fingerprint density at radius 1 is 1.32 bits per heavy atom. The van der Waals surface area contributed by atoms with Crippen molar-refractivity contribution in [2.45, 2.75) is 25.5 Å². The van der Waals surface area contributed by atoms with Crippen LogP contribution in [0.25, 0.3) is 0 Å². The van der Waals surface area contributed by atoms with Crippen molar-refractivity contribution in [3.8, 4) is 5.75 Å². The molecular weight excluding hydrogens is 340 g/mol. The average molecular weight is 359 g/mol. The minimum atomic E-state index is -1.55. The summed E-state index contributed by atoms with van der Waals surface area (Å²) in [4.78, 5) is 12.9. The van der Waals surface area contributed by atoms with Crippen LogP contribution in [0.4, 0.5) is 0 Å². The van der Waals surface area contributed by atoms with Gasteiger partial charge in [0.05, 0.1) is 7.11 Å². The normalized spacial score (nSPS) is 19.7. The molecule has 1 atom stereocenters. The molecule has 0 saturated heterocycles. The maximum Gasteiger partial charge on any atom is 0.276 e. The Morgan fingerprint density at radius 2 is 2.04 bits per heavy atom. The van der Waals surface area contributed by atoms with E-state index in [9.17, 15) is 9.90 Å². The van der Waals surface area contributed by atoms with Crippen LogP contribution >= 0.6 is 11.6 Å². The SMILES string of the molecule is CCC1=NN(C(=O)c2ccc(Cl)cc2)C(O)(c2cccc(OC)c2)C1. The van der Waals surface area contributed by atoms with Crippen molar-refractivity contribution in [2.24, 2.45) is 5.10 Å². The van der Waals surface area contributed by atoms with Gasteiger partial charge in [-0.2, -0.15) is 10.1 Å². The number of hydrogen-bond donors (Lipinski definition) is 1. The molecule has 130 valence electrons. The van der Waals surface area contributed by atoms with Gasteiger partial charge in [0, 0.05) is 28.3 Å². The molecule has 0 radical (unpaired) electrons. The summed E-state index contributed by atoms with van der Waals surface area (Å²) in [6.45, 7) is 1.95. The maximum atomic E-state index is 12.9. The number of hydrazone groups is 1. The molecule has 1 unspecified atom stereocenters. The van der Waals surface area contributed by atoms with Gasteiger partial charge in [-0.3, -0.25) is 4.79 Å². The van der Waals surface area contributed by atoms with E-state index in [4.69, 9.17) is 16.3 Å². The molecule has 0 aromatic heterocycles. The fourth-order valence-corrected chi connectivity index (χ4v) is 2.97. The second-order valence-corrected chi connectivity index (χ2v) is 6.31. The summed E-state index contributed by atoms with van der Waals surface area (Å²) < 4.78 is 5.24. The van der Waals surface area contributed by atoms with E-state index < -0.39 is 5.72 Å². The van der Waals surface area contributed by atoms with E-state index in [1.165, 1.54) is 0 Å². The smallest absolute Gasteiger partial charge is 0.276 e. The first-order chi connectivity index (χ1) is 12.0. The zero-order valence-electron chi connectivity index (χ0n) is 14.1. The molecular formula is C19H19ClN2O3. The molecule has 1 aliphatic rings. The van der Waals surface area contributed by atoms with Crippen molar-refractivity contribution in [1.82, 2.24) is 5.01 Å². The number of amides is 1. The number of halogens is 1. The maximum absolute atomic E-state index is 12.9. The van der Waals surface area contributed by atoms with Gasteiger partial charge in [0.15, 0.2) is 5.72 Å². The number of benzene rings is 2. The molecule has 0 fully saturated rings. The lowest BCUT2D eigenvalue weighted by atomic mass is 9.96. The number of aliphatic hydroxyl groups is 1. The van der Waals surface area contributed by atoms with Crippen LogP contribution in [0.15, 0.2) is 53.6 Å². The van der Waals surface area contributed by atoms with Gasteiger partial charge in [-0.1, -0.05) is 30.7 Å². The number of methoxy groups -OCH3 is 1. The monoisotopic (exact) mass is 358 g/mol. The first-order valence-corrected chi connectivity index (χ1v) is 8.39. The lowest BCUT2D eigenvalue weighted by molar-refractivity contribution is -0.0766. The van der Waals surface area contributed by atoms with E-state index in [2.05, 4.69) is 5.10 Å². The highest BCUT2D eigenvalue weighted by atomic mass is 35.5. The molecule has 0 saturated carbocycles. The third-order valence-electron chi connectivity index (χ3n) is 4.27. The Bertz CT molecular complexity index is 820. The zero-order valence-corrected chi connectivity index (χ0v) is 14.8. The molecule has 2 aromatic carbocycles. The first kappa shape index (κ1) is 17.5. The fourth-order valence-electron chi connectivity index (χ4n) is 2.84. The van der Waals surface area contributed by atoms with E-state index in [1.54, 1.807) is 55.6 Å². The van der Waals surface area contributed by atoms with E-state index >= 15 is 0 Å². The molecule has 0 spiro atoms. The molecule has 1 heterocycles. The first-order valence-electron chi connectivity index (χ1n) is 8.01. The third kappa shape index (κ3) is 3.25. The Morgan fingerprint density at radius 3 is 2.68 bits per heavy atom. The quantitative estimate of drug-likeness (QED) is 0.904. The summed E-state index contributed by atoms with van der Waals surface area (Å²) >= 11 is 5.89. The zero-order chi connectivity index (χ0) is 18.0. The highest BCUT2D eigenvalue weighted by molar-refractivity contribution is 6.30. The van der Waals surface area contributed by atoms with E-state index in [1.807, 2.05) is 6.92 Å².